The van der Waals surface area contributed by atoms with E-state index in [1.807, 2.05) is 22.8 Å². The SMILES string of the molecule is CCc1cc(-c2ccccn2)cc(N2CC[C@](N)(C(=O)NC3CC3)C2)c1Cn1cnc2c(N)ncnc21. The summed E-state index contributed by atoms with van der Waals surface area (Å²) >= 11 is 0. The maximum absolute atomic E-state index is 13.0. The van der Waals surface area contributed by atoms with Crippen LogP contribution in [0.25, 0.3) is 22.4 Å². The monoisotopic (exact) mass is 497 g/mol. The minimum atomic E-state index is -0.920. The number of carbonyl (C=O) groups excluding carboxylic acids is 1. The zero-order chi connectivity index (χ0) is 25.6. The van der Waals surface area contributed by atoms with E-state index in [1.54, 1.807) is 12.5 Å². The summed E-state index contributed by atoms with van der Waals surface area (Å²) in [5.41, 5.74) is 18.4. The molecule has 37 heavy (non-hydrogen) atoms. The van der Waals surface area contributed by atoms with Crippen molar-refractivity contribution in [3.05, 3.63) is 60.3 Å². The van der Waals surface area contributed by atoms with Crippen molar-refractivity contribution in [3.63, 3.8) is 0 Å². The normalized spacial score (nSPS) is 19.5. The number of carbonyl (C=O) groups is 1. The standard InChI is InChI=1S/C27H31N9O/c1-2-17-11-18(21-5-3-4-9-30-21)12-22(35-10-8-27(29,14-35)26(37)34-19-6-7-19)20(17)13-36-16-33-23-24(28)31-15-32-25(23)36/h3-5,9,11-12,15-16,19H,2,6-8,10,13-14,29H2,1H3,(H,34,37)(H2,28,31,32)/t27-/m1/s1. The number of anilines is 2. The van der Waals surface area contributed by atoms with Crippen molar-refractivity contribution in [2.45, 2.75) is 50.7 Å². The molecule has 2 fully saturated rings. The van der Waals surface area contributed by atoms with E-state index in [4.69, 9.17) is 11.5 Å². The van der Waals surface area contributed by atoms with Gasteiger partial charge in [-0.2, -0.15) is 0 Å². The Morgan fingerprint density at radius 1 is 1.19 bits per heavy atom. The molecule has 1 saturated carbocycles. The highest BCUT2D eigenvalue weighted by Gasteiger charge is 2.43. The number of nitrogen functional groups attached to an aromatic ring is 1. The molecule has 10 heteroatoms. The van der Waals surface area contributed by atoms with Crippen molar-refractivity contribution in [2.24, 2.45) is 5.73 Å². The Morgan fingerprint density at radius 2 is 2.05 bits per heavy atom. The lowest BCUT2D eigenvalue weighted by Gasteiger charge is -2.28. The molecule has 0 bridgehead atoms. The number of hydrogen-bond donors (Lipinski definition) is 3. The molecule has 3 aromatic heterocycles. The molecular formula is C27H31N9O. The van der Waals surface area contributed by atoms with Crippen LogP contribution < -0.4 is 21.7 Å². The zero-order valence-corrected chi connectivity index (χ0v) is 20.9. The van der Waals surface area contributed by atoms with Crippen LogP contribution in [0.3, 0.4) is 0 Å². The molecule has 0 unspecified atom stereocenters. The Balaban J connectivity index is 1.42. The lowest BCUT2D eigenvalue weighted by atomic mass is 9.96. The average Bonchev–Trinajstić information content (AvgIpc) is 3.49. The number of nitrogens with two attached hydrogens (primary N) is 2. The van der Waals surface area contributed by atoms with Crippen LogP contribution in [0.2, 0.25) is 0 Å². The number of nitrogens with one attached hydrogen (secondary N) is 1. The number of rotatable bonds is 7. The third-order valence-electron chi connectivity index (χ3n) is 7.42. The van der Waals surface area contributed by atoms with E-state index in [-0.39, 0.29) is 11.9 Å². The number of pyridine rings is 1. The Morgan fingerprint density at radius 3 is 2.81 bits per heavy atom. The van der Waals surface area contributed by atoms with Gasteiger partial charge in [-0.25, -0.2) is 15.0 Å². The summed E-state index contributed by atoms with van der Waals surface area (Å²) in [7, 11) is 0. The van der Waals surface area contributed by atoms with Crippen molar-refractivity contribution in [1.82, 2.24) is 29.8 Å². The van der Waals surface area contributed by atoms with Gasteiger partial charge in [-0.15, -0.1) is 0 Å². The van der Waals surface area contributed by atoms with Crippen LogP contribution in [0.1, 0.15) is 37.3 Å². The summed E-state index contributed by atoms with van der Waals surface area (Å²) in [6, 6.07) is 10.6. The fraction of sp³-hybridized carbons (Fsp3) is 0.370. The molecule has 5 N–H and O–H groups in total. The predicted octanol–water partition coefficient (Wildman–Crippen LogP) is 2.27. The smallest absolute Gasteiger partial charge is 0.242 e. The minimum absolute atomic E-state index is 0.0524. The van der Waals surface area contributed by atoms with Crippen molar-refractivity contribution < 1.29 is 4.79 Å². The van der Waals surface area contributed by atoms with Gasteiger partial charge in [0.1, 0.15) is 17.4 Å². The average molecular weight is 498 g/mol. The Kier molecular flexibility index (Phi) is 5.75. The molecule has 1 amide bonds. The third-order valence-corrected chi connectivity index (χ3v) is 7.42. The summed E-state index contributed by atoms with van der Waals surface area (Å²) in [5, 5.41) is 3.11. The van der Waals surface area contributed by atoms with Gasteiger partial charge in [0.15, 0.2) is 11.5 Å². The van der Waals surface area contributed by atoms with E-state index in [0.29, 0.717) is 43.0 Å². The van der Waals surface area contributed by atoms with Gasteiger partial charge in [0.05, 0.1) is 18.6 Å². The second-order valence-corrected chi connectivity index (χ2v) is 10.1. The zero-order valence-electron chi connectivity index (χ0n) is 20.9. The van der Waals surface area contributed by atoms with E-state index < -0.39 is 5.54 Å². The van der Waals surface area contributed by atoms with Gasteiger partial charge >= 0.3 is 0 Å². The number of amides is 1. The summed E-state index contributed by atoms with van der Waals surface area (Å²) < 4.78 is 2.00. The van der Waals surface area contributed by atoms with Gasteiger partial charge < -0.3 is 26.3 Å². The number of fused-ring (bicyclic) bond motifs is 1. The molecule has 4 heterocycles. The Hall–Kier alpha value is -4.05. The maximum atomic E-state index is 13.0. The fourth-order valence-electron chi connectivity index (χ4n) is 5.14. The molecule has 1 aliphatic heterocycles. The highest BCUT2D eigenvalue weighted by atomic mass is 16.2. The molecule has 10 nitrogen and oxygen atoms in total. The summed E-state index contributed by atoms with van der Waals surface area (Å²) in [5.74, 6) is 0.308. The van der Waals surface area contributed by atoms with Gasteiger partial charge in [-0.1, -0.05) is 13.0 Å². The van der Waals surface area contributed by atoms with Crippen molar-refractivity contribution in [3.8, 4) is 11.3 Å². The van der Waals surface area contributed by atoms with E-state index >= 15 is 0 Å². The maximum Gasteiger partial charge on any atom is 0.242 e. The summed E-state index contributed by atoms with van der Waals surface area (Å²) in [4.78, 5) is 32.8. The molecular weight excluding hydrogens is 466 g/mol. The van der Waals surface area contributed by atoms with Gasteiger partial charge in [0.2, 0.25) is 5.91 Å². The highest BCUT2D eigenvalue weighted by molar-refractivity contribution is 5.88. The van der Waals surface area contributed by atoms with Crippen molar-refractivity contribution in [1.29, 1.82) is 0 Å². The van der Waals surface area contributed by atoms with E-state index in [1.165, 1.54) is 11.9 Å². The quantitative estimate of drug-likeness (QED) is 0.353. The van der Waals surface area contributed by atoms with E-state index in [2.05, 4.69) is 49.2 Å². The van der Waals surface area contributed by atoms with Gasteiger partial charge in [0.25, 0.3) is 0 Å². The number of imidazole rings is 1. The fourth-order valence-corrected chi connectivity index (χ4v) is 5.14. The van der Waals surface area contributed by atoms with Crippen LogP contribution in [0.4, 0.5) is 11.5 Å². The molecule has 1 atom stereocenters. The third kappa shape index (κ3) is 4.37. The van der Waals surface area contributed by atoms with Crippen LogP contribution >= 0.6 is 0 Å². The largest absolute Gasteiger partial charge is 0.382 e. The van der Waals surface area contributed by atoms with Gasteiger partial charge in [-0.05, 0) is 61.1 Å². The molecule has 6 rings (SSSR count). The first-order valence-corrected chi connectivity index (χ1v) is 12.8. The van der Waals surface area contributed by atoms with Crippen LogP contribution in [-0.4, -0.2) is 55.1 Å². The molecule has 0 spiro atoms. The van der Waals surface area contributed by atoms with Crippen molar-refractivity contribution >= 4 is 28.6 Å². The van der Waals surface area contributed by atoms with Gasteiger partial charge in [0, 0.05) is 36.6 Å². The molecule has 190 valence electrons. The Bertz CT molecular complexity index is 1460. The number of benzene rings is 1. The van der Waals surface area contributed by atoms with E-state index in [9.17, 15) is 4.79 Å². The second kappa shape index (κ2) is 9.11. The molecule has 4 aromatic rings. The Labute approximate surface area is 215 Å². The lowest BCUT2D eigenvalue weighted by molar-refractivity contribution is -0.125. The molecule has 1 aliphatic carbocycles. The van der Waals surface area contributed by atoms with Crippen LogP contribution in [0.5, 0.6) is 0 Å². The minimum Gasteiger partial charge on any atom is -0.382 e. The molecule has 1 aromatic carbocycles. The second-order valence-electron chi connectivity index (χ2n) is 10.1. The van der Waals surface area contributed by atoms with Crippen LogP contribution in [-0.2, 0) is 17.8 Å². The number of hydrogen-bond acceptors (Lipinski definition) is 8. The van der Waals surface area contributed by atoms with E-state index in [0.717, 1.165) is 41.8 Å². The molecule has 1 saturated heterocycles. The van der Waals surface area contributed by atoms with Crippen LogP contribution in [0, 0.1) is 0 Å². The topological polar surface area (TPSA) is 141 Å². The number of aromatic nitrogens is 5. The van der Waals surface area contributed by atoms with Crippen molar-refractivity contribution in [2.75, 3.05) is 23.7 Å². The molecule has 2 aliphatic rings. The first kappa shape index (κ1) is 23.4. The van der Waals surface area contributed by atoms with Crippen LogP contribution in [0.15, 0.2) is 49.2 Å². The lowest BCUT2D eigenvalue weighted by Crippen LogP contribution is -2.56. The number of aryl methyl sites for hydroxylation is 1. The predicted molar refractivity (Wildman–Crippen MR) is 143 cm³/mol. The summed E-state index contributed by atoms with van der Waals surface area (Å²) in [6.07, 6.45) is 8.52. The first-order valence-electron chi connectivity index (χ1n) is 12.8. The summed E-state index contributed by atoms with van der Waals surface area (Å²) in [6.45, 7) is 3.84. The number of nitrogens with zero attached hydrogens (tertiary/aromatic N) is 6. The highest BCUT2D eigenvalue weighted by Crippen LogP contribution is 2.36. The first-order chi connectivity index (χ1) is 17.9. The van der Waals surface area contributed by atoms with Gasteiger partial charge in [-0.3, -0.25) is 9.78 Å². The molecule has 0 radical (unpaired) electrons.